The van der Waals surface area contributed by atoms with Gasteiger partial charge in [0.15, 0.2) is 6.29 Å². The first kappa shape index (κ1) is 30.9. The Morgan fingerprint density at radius 2 is 1.49 bits per heavy atom. The van der Waals surface area contributed by atoms with Crippen molar-refractivity contribution in [2.45, 2.75) is 30.7 Å². The molecule has 0 bridgehead atoms. The van der Waals surface area contributed by atoms with Gasteiger partial charge in [-0.1, -0.05) is 30.3 Å². The molecule has 0 aromatic heterocycles. The molecule has 224 valence electrons. The van der Waals surface area contributed by atoms with Crippen molar-refractivity contribution in [2.75, 3.05) is 65.3 Å². The smallest absolute Gasteiger partial charge is 0.369 e. The largest absolute Gasteiger partial charge is 0.430 e. The standard InChI is InChI=1S/C26H26F5N3O3.C3H9N/c27-21-10-18(11-22(28)20(21)14-35)32-6-8-33(9-7-32)19-12-24(13-19)15-34(16-24)23(36)25(37,26(29,30)31)17-4-2-1-3-5-17;1-4(2)3/h1-5,10-11,14,19,37H,6-9,12-13,15-16H2;1-3H3. The van der Waals surface area contributed by atoms with Gasteiger partial charge in [0.25, 0.3) is 11.5 Å². The number of nitrogens with zero attached hydrogens (tertiary/aromatic N) is 4. The average molecular weight is 583 g/mol. The van der Waals surface area contributed by atoms with Gasteiger partial charge in [-0.3, -0.25) is 14.5 Å². The molecule has 3 aliphatic rings. The van der Waals surface area contributed by atoms with Crippen molar-refractivity contribution in [1.82, 2.24) is 14.7 Å². The molecule has 2 aliphatic heterocycles. The number of halogens is 5. The highest BCUT2D eigenvalue weighted by molar-refractivity contribution is 5.88. The lowest BCUT2D eigenvalue weighted by Gasteiger charge is -2.62. The number of carbonyl (C=O) groups excluding carboxylic acids is 2. The number of benzene rings is 2. The lowest BCUT2D eigenvalue weighted by atomic mass is 9.59. The molecule has 1 saturated carbocycles. The highest BCUT2D eigenvalue weighted by atomic mass is 19.4. The number of anilines is 1. The molecule has 7 nitrogen and oxygen atoms in total. The van der Waals surface area contributed by atoms with Crippen molar-refractivity contribution in [1.29, 1.82) is 0 Å². The molecule has 1 unspecified atom stereocenters. The first-order valence-electron chi connectivity index (χ1n) is 13.4. The van der Waals surface area contributed by atoms with Crippen LogP contribution < -0.4 is 4.90 Å². The number of hydrogen-bond acceptors (Lipinski definition) is 6. The van der Waals surface area contributed by atoms with Crippen LogP contribution in [0.5, 0.6) is 0 Å². The maximum atomic E-state index is 14.0. The van der Waals surface area contributed by atoms with E-state index in [1.54, 1.807) is 0 Å². The SMILES string of the molecule is CN(C)C.O=Cc1c(F)cc(N2CCN(C3CC4(C3)CN(C(=O)C(O)(c3ccccc3)C(F)(F)F)C4)CC2)cc1F. The summed E-state index contributed by atoms with van der Waals surface area (Å²) < 4.78 is 69.4. The van der Waals surface area contributed by atoms with Crippen LogP contribution >= 0.6 is 0 Å². The zero-order valence-electron chi connectivity index (χ0n) is 23.3. The third kappa shape index (κ3) is 6.09. The number of carbonyl (C=O) groups is 2. The van der Waals surface area contributed by atoms with E-state index in [1.807, 2.05) is 30.9 Å². The average Bonchev–Trinajstić information content (AvgIpc) is 2.86. The van der Waals surface area contributed by atoms with Gasteiger partial charge < -0.3 is 19.8 Å². The minimum absolute atomic E-state index is 0.152. The summed E-state index contributed by atoms with van der Waals surface area (Å²) in [5.41, 5.74) is -4.56. The van der Waals surface area contributed by atoms with E-state index in [0.29, 0.717) is 31.9 Å². The van der Waals surface area contributed by atoms with E-state index < -0.39 is 40.4 Å². The number of hydrogen-bond donors (Lipinski definition) is 1. The van der Waals surface area contributed by atoms with Crippen LogP contribution in [-0.2, 0) is 10.4 Å². The Morgan fingerprint density at radius 3 is 1.95 bits per heavy atom. The number of aliphatic hydroxyl groups is 1. The number of rotatable bonds is 5. The van der Waals surface area contributed by atoms with Crippen molar-refractivity contribution in [2.24, 2.45) is 5.41 Å². The van der Waals surface area contributed by atoms with Crippen molar-refractivity contribution in [3.63, 3.8) is 0 Å². The number of alkyl halides is 3. The summed E-state index contributed by atoms with van der Waals surface area (Å²) in [6.07, 6.45) is -3.55. The van der Waals surface area contributed by atoms with Gasteiger partial charge >= 0.3 is 6.18 Å². The minimum Gasteiger partial charge on any atom is -0.369 e. The predicted octanol–water partition coefficient (Wildman–Crippen LogP) is 3.52. The van der Waals surface area contributed by atoms with E-state index >= 15 is 0 Å². The first-order chi connectivity index (χ1) is 19.2. The number of likely N-dealkylation sites (tertiary alicyclic amines) is 1. The molecule has 1 N–H and O–H groups in total. The lowest BCUT2D eigenvalue weighted by Crippen LogP contribution is -2.71. The van der Waals surface area contributed by atoms with Gasteiger partial charge in [-0.05, 0) is 46.1 Å². The maximum absolute atomic E-state index is 14.0. The van der Waals surface area contributed by atoms with Crippen molar-refractivity contribution in [3.8, 4) is 0 Å². The zero-order chi connectivity index (χ0) is 30.2. The van der Waals surface area contributed by atoms with E-state index in [0.717, 1.165) is 42.0 Å². The van der Waals surface area contributed by atoms with Crippen LogP contribution in [0.3, 0.4) is 0 Å². The van der Waals surface area contributed by atoms with E-state index in [-0.39, 0.29) is 30.8 Å². The van der Waals surface area contributed by atoms with Gasteiger partial charge in [0.1, 0.15) is 11.6 Å². The Bertz CT molecular complexity index is 1210. The fourth-order valence-corrected chi connectivity index (χ4v) is 5.89. The van der Waals surface area contributed by atoms with Crippen LogP contribution in [-0.4, -0.2) is 105 Å². The minimum atomic E-state index is -5.16. The molecule has 3 fully saturated rings. The summed E-state index contributed by atoms with van der Waals surface area (Å²) in [7, 11) is 6.00. The van der Waals surface area contributed by atoms with Gasteiger partial charge in [-0.2, -0.15) is 13.2 Å². The zero-order valence-corrected chi connectivity index (χ0v) is 23.3. The summed E-state index contributed by atoms with van der Waals surface area (Å²) in [6.45, 7) is 2.67. The van der Waals surface area contributed by atoms with Crippen LogP contribution in [0.15, 0.2) is 42.5 Å². The normalized spacial score (nSPS) is 20.5. The van der Waals surface area contributed by atoms with Crippen LogP contribution in [0.2, 0.25) is 0 Å². The van der Waals surface area contributed by atoms with Crippen LogP contribution in [0.4, 0.5) is 27.6 Å². The Kier molecular flexibility index (Phi) is 8.77. The van der Waals surface area contributed by atoms with E-state index in [9.17, 15) is 36.6 Å². The molecule has 12 heteroatoms. The Hall–Kier alpha value is -3.09. The van der Waals surface area contributed by atoms with Crippen LogP contribution in [0.25, 0.3) is 0 Å². The number of aldehydes is 1. The van der Waals surface area contributed by atoms with Gasteiger partial charge in [0, 0.05) is 62.0 Å². The molecule has 0 radical (unpaired) electrons. The van der Waals surface area contributed by atoms with Crippen molar-refractivity contribution >= 4 is 17.9 Å². The molecular weight excluding hydrogens is 547 g/mol. The summed E-state index contributed by atoms with van der Waals surface area (Å²) in [5, 5.41) is 10.5. The summed E-state index contributed by atoms with van der Waals surface area (Å²) in [5.74, 6) is -3.15. The van der Waals surface area contributed by atoms with Gasteiger partial charge in [0.2, 0.25) is 0 Å². The summed E-state index contributed by atoms with van der Waals surface area (Å²) in [4.78, 5) is 30.8. The molecule has 2 aromatic rings. The second-order valence-electron chi connectivity index (χ2n) is 11.6. The highest BCUT2D eigenvalue weighted by Crippen LogP contribution is 2.52. The third-order valence-corrected chi connectivity index (χ3v) is 7.97. The Labute approximate surface area is 236 Å². The van der Waals surface area contributed by atoms with Gasteiger partial charge in [-0.15, -0.1) is 0 Å². The molecule has 5 rings (SSSR count). The van der Waals surface area contributed by atoms with E-state index in [2.05, 4.69) is 4.90 Å². The number of piperazine rings is 1. The first-order valence-corrected chi connectivity index (χ1v) is 13.4. The van der Waals surface area contributed by atoms with Gasteiger partial charge in [0.05, 0.1) is 5.56 Å². The predicted molar refractivity (Wildman–Crippen MR) is 144 cm³/mol. The topological polar surface area (TPSA) is 67.3 Å². The van der Waals surface area contributed by atoms with Crippen LogP contribution in [0.1, 0.15) is 28.8 Å². The highest BCUT2D eigenvalue weighted by Gasteiger charge is 2.65. The number of amides is 1. The molecule has 2 saturated heterocycles. The monoisotopic (exact) mass is 582 g/mol. The second kappa shape index (κ2) is 11.7. The Balaban J connectivity index is 0.000000909. The quantitative estimate of drug-likeness (QED) is 0.430. The molecular formula is C29H35F5N4O3. The lowest BCUT2D eigenvalue weighted by molar-refractivity contribution is -0.267. The summed E-state index contributed by atoms with van der Waals surface area (Å²) >= 11 is 0. The summed E-state index contributed by atoms with van der Waals surface area (Å²) in [6, 6.07) is 8.91. The molecule has 2 heterocycles. The molecule has 2 aromatic carbocycles. The van der Waals surface area contributed by atoms with Crippen LogP contribution in [0, 0.1) is 17.0 Å². The Morgan fingerprint density at radius 1 is 0.976 bits per heavy atom. The van der Waals surface area contributed by atoms with Crippen molar-refractivity contribution < 1.29 is 36.6 Å². The third-order valence-electron chi connectivity index (χ3n) is 7.97. The molecule has 1 amide bonds. The molecule has 1 spiro atoms. The molecule has 41 heavy (non-hydrogen) atoms. The maximum Gasteiger partial charge on any atom is 0.430 e. The fraction of sp³-hybridized carbons (Fsp3) is 0.517. The van der Waals surface area contributed by atoms with Crippen molar-refractivity contribution in [3.05, 3.63) is 65.2 Å². The molecule has 1 aliphatic carbocycles. The van der Waals surface area contributed by atoms with E-state index in [1.165, 1.54) is 18.2 Å². The fourth-order valence-electron chi connectivity index (χ4n) is 5.89. The van der Waals surface area contributed by atoms with E-state index in [4.69, 9.17) is 0 Å². The second-order valence-corrected chi connectivity index (χ2v) is 11.6. The molecule has 1 atom stereocenters. The van der Waals surface area contributed by atoms with Gasteiger partial charge in [-0.25, -0.2) is 8.78 Å².